The highest BCUT2D eigenvalue weighted by molar-refractivity contribution is 5.95. The zero-order valence-corrected chi connectivity index (χ0v) is 11.0. The van der Waals surface area contributed by atoms with Crippen molar-refractivity contribution in [3.8, 4) is 5.75 Å². The highest BCUT2D eigenvalue weighted by atomic mass is 16.5. The van der Waals surface area contributed by atoms with Crippen LogP contribution in [0.25, 0.3) is 0 Å². The molecule has 106 valence electrons. The Balaban J connectivity index is 1.58. The molecule has 0 bridgehead atoms. The molecule has 2 atom stereocenters. The van der Waals surface area contributed by atoms with Crippen LogP contribution in [0.4, 0.5) is 5.69 Å². The van der Waals surface area contributed by atoms with Crippen LogP contribution in [0.15, 0.2) is 24.3 Å². The number of fused-ring (bicyclic) bond motifs is 1. The summed E-state index contributed by atoms with van der Waals surface area (Å²) in [6, 6.07) is 6.84. The molecule has 5 nitrogen and oxygen atoms in total. The first kappa shape index (κ1) is 13.0. The first-order valence-electron chi connectivity index (χ1n) is 6.90. The van der Waals surface area contributed by atoms with Gasteiger partial charge in [-0.3, -0.25) is 4.79 Å². The van der Waals surface area contributed by atoms with Crippen molar-refractivity contribution in [2.45, 2.75) is 19.3 Å². The molecule has 1 aromatic rings. The summed E-state index contributed by atoms with van der Waals surface area (Å²) >= 11 is 0. The molecular formula is C15H17NO4. The zero-order valence-electron chi connectivity index (χ0n) is 11.0. The predicted octanol–water partition coefficient (Wildman–Crippen LogP) is 2.13. The molecule has 5 heteroatoms. The molecule has 2 fully saturated rings. The monoisotopic (exact) mass is 275 g/mol. The van der Waals surface area contributed by atoms with Gasteiger partial charge in [0.2, 0.25) is 5.91 Å². The Morgan fingerprint density at radius 3 is 2.75 bits per heavy atom. The number of carbonyl (C=O) groups is 2. The van der Waals surface area contributed by atoms with Crippen LogP contribution >= 0.6 is 0 Å². The van der Waals surface area contributed by atoms with Gasteiger partial charge in [-0.25, -0.2) is 4.79 Å². The first-order chi connectivity index (χ1) is 9.65. The average molecular weight is 275 g/mol. The van der Waals surface area contributed by atoms with Crippen LogP contribution in [0.5, 0.6) is 5.75 Å². The van der Waals surface area contributed by atoms with E-state index in [0.717, 1.165) is 0 Å². The molecule has 0 radical (unpaired) electrons. The van der Waals surface area contributed by atoms with Crippen molar-refractivity contribution in [3.05, 3.63) is 24.3 Å². The second-order valence-electron chi connectivity index (χ2n) is 5.48. The lowest BCUT2D eigenvalue weighted by Crippen LogP contribution is -2.16. The maximum Gasteiger partial charge on any atom is 0.341 e. The van der Waals surface area contributed by atoms with Gasteiger partial charge in [0.15, 0.2) is 6.61 Å². The molecular weight excluding hydrogens is 258 g/mol. The Morgan fingerprint density at radius 2 is 2.05 bits per heavy atom. The van der Waals surface area contributed by atoms with Gasteiger partial charge < -0.3 is 15.2 Å². The molecule has 2 saturated carbocycles. The van der Waals surface area contributed by atoms with Crippen molar-refractivity contribution in [3.63, 3.8) is 0 Å². The Kier molecular flexibility index (Phi) is 3.34. The lowest BCUT2D eigenvalue weighted by molar-refractivity contribution is -0.139. The minimum Gasteiger partial charge on any atom is -0.482 e. The third-order valence-corrected chi connectivity index (χ3v) is 4.17. The number of carbonyl (C=O) groups excluding carboxylic acids is 1. The van der Waals surface area contributed by atoms with Gasteiger partial charge in [-0.2, -0.15) is 0 Å². The van der Waals surface area contributed by atoms with Gasteiger partial charge >= 0.3 is 5.97 Å². The van der Waals surface area contributed by atoms with E-state index in [1.54, 1.807) is 24.3 Å². The SMILES string of the molecule is O=C(O)COc1cccc(NC(=O)C2C3CCCC32)c1. The van der Waals surface area contributed by atoms with Crippen molar-refractivity contribution in [1.82, 2.24) is 0 Å². The highest BCUT2D eigenvalue weighted by Gasteiger charge is 2.56. The number of hydrogen-bond donors (Lipinski definition) is 2. The van der Waals surface area contributed by atoms with Crippen LogP contribution in [-0.4, -0.2) is 23.6 Å². The second kappa shape index (κ2) is 5.15. The number of benzene rings is 1. The summed E-state index contributed by atoms with van der Waals surface area (Å²) < 4.78 is 5.09. The lowest BCUT2D eigenvalue weighted by Gasteiger charge is -2.09. The van der Waals surface area contributed by atoms with Gasteiger partial charge in [0, 0.05) is 17.7 Å². The van der Waals surface area contributed by atoms with Crippen molar-refractivity contribution in [2.75, 3.05) is 11.9 Å². The van der Waals surface area contributed by atoms with Crippen molar-refractivity contribution < 1.29 is 19.4 Å². The van der Waals surface area contributed by atoms with Gasteiger partial charge in [0.05, 0.1) is 0 Å². The Bertz CT molecular complexity index is 532. The number of nitrogens with one attached hydrogen (secondary N) is 1. The summed E-state index contributed by atoms with van der Waals surface area (Å²) in [6.07, 6.45) is 3.59. The number of rotatable bonds is 5. The molecule has 0 saturated heterocycles. The van der Waals surface area contributed by atoms with E-state index in [1.165, 1.54) is 19.3 Å². The Morgan fingerprint density at radius 1 is 1.30 bits per heavy atom. The topological polar surface area (TPSA) is 75.6 Å². The number of carboxylic acids is 1. The molecule has 0 aromatic heterocycles. The third-order valence-electron chi connectivity index (χ3n) is 4.17. The first-order valence-corrected chi connectivity index (χ1v) is 6.90. The molecule has 3 rings (SSSR count). The van der Waals surface area contributed by atoms with Crippen molar-refractivity contribution >= 4 is 17.6 Å². The molecule has 0 aliphatic heterocycles. The summed E-state index contributed by atoms with van der Waals surface area (Å²) in [7, 11) is 0. The zero-order chi connectivity index (χ0) is 14.1. The quantitative estimate of drug-likeness (QED) is 0.863. The van der Waals surface area contributed by atoms with Gasteiger partial charge in [-0.05, 0) is 36.8 Å². The maximum atomic E-state index is 12.1. The summed E-state index contributed by atoms with van der Waals surface area (Å²) in [5.74, 6) is 0.844. The average Bonchev–Trinajstić information content (AvgIpc) is 2.91. The van der Waals surface area contributed by atoms with E-state index in [0.29, 0.717) is 23.3 Å². The predicted molar refractivity (Wildman–Crippen MR) is 72.5 cm³/mol. The second-order valence-corrected chi connectivity index (χ2v) is 5.48. The van der Waals surface area contributed by atoms with Crippen LogP contribution in [0.2, 0.25) is 0 Å². The van der Waals surface area contributed by atoms with Gasteiger partial charge in [-0.15, -0.1) is 0 Å². The maximum absolute atomic E-state index is 12.1. The van der Waals surface area contributed by atoms with Crippen LogP contribution in [0.3, 0.4) is 0 Å². The van der Waals surface area contributed by atoms with Crippen LogP contribution in [-0.2, 0) is 9.59 Å². The molecule has 2 aliphatic carbocycles. The molecule has 0 spiro atoms. The number of anilines is 1. The van der Waals surface area contributed by atoms with E-state index in [-0.39, 0.29) is 18.4 Å². The molecule has 1 amide bonds. The van der Waals surface area contributed by atoms with E-state index in [9.17, 15) is 9.59 Å². The molecule has 20 heavy (non-hydrogen) atoms. The van der Waals surface area contributed by atoms with Gasteiger partial charge in [0.25, 0.3) is 0 Å². The number of ether oxygens (including phenoxy) is 1. The Hall–Kier alpha value is -2.04. The van der Waals surface area contributed by atoms with Gasteiger partial charge in [0.1, 0.15) is 5.75 Å². The summed E-state index contributed by atoms with van der Waals surface area (Å²) in [6.45, 7) is -0.385. The fourth-order valence-corrected chi connectivity index (χ4v) is 3.24. The van der Waals surface area contributed by atoms with Crippen molar-refractivity contribution in [1.29, 1.82) is 0 Å². The van der Waals surface area contributed by atoms with E-state index in [2.05, 4.69) is 5.32 Å². The smallest absolute Gasteiger partial charge is 0.341 e. The minimum absolute atomic E-state index is 0.0788. The fraction of sp³-hybridized carbons (Fsp3) is 0.467. The molecule has 2 unspecified atom stereocenters. The fourth-order valence-electron chi connectivity index (χ4n) is 3.24. The van der Waals surface area contributed by atoms with Crippen molar-refractivity contribution in [2.24, 2.45) is 17.8 Å². The molecule has 2 N–H and O–H groups in total. The standard InChI is InChI=1S/C15H17NO4/c17-13(18)8-20-10-4-1-3-9(7-10)16-15(19)14-11-5-2-6-12(11)14/h1,3-4,7,11-12,14H,2,5-6,8H2,(H,16,19)(H,17,18). The van der Waals surface area contributed by atoms with Crippen LogP contribution in [0, 0.1) is 17.8 Å². The number of hydrogen-bond acceptors (Lipinski definition) is 3. The lowest BCUT2D eigenvalue weighted by atomic mass is 10.1. The summed E-state index contributed by atoms with van der Waals surface area (Å²) in [5.41, 5.74) is 0.655. The normalized spacial score (nSPS) is 26.7. The third kappa shape index (κ3) is 2.61. The molecule has 2 aliphatic rings. The number of carboxylic acid groups (broad SMARTS) is 1. The van der Waals surface area contributed by atoms with E-state index >= 15 is 0 Å². The van der Waals surface area contributed by atoms with E-state index in [1.807, 2.05) is 0 Å². The highest BCUT2D eigenvalue weighted by Crippen LogP contribution is 2.57. The van der Waals surface area contributed by atoms with E-state index in [4.69, 9.17) is 9.84 Å². The largest absolute Gasteiger partial charge is 0.482 e. The van der Waals surface area contributed by atoms with Crippen LogP contribution in [0.1, 0.15) is 19.3 Å². The van der Waals surface area contributed by atoms with E-state index < -0.39 is 5.97 Å². The Labute approximate surface area is 116 Å². The summed E-state index contributed by atoms with van der Waals surface area (Å²) in [4.78, 5) is 22.6. The number of amides is 1. The molecule has 1 aromatic carbocycles. The van der Waals surface area contributed by atoms with Crippen LogP contribution < -0.4 is 10.1 Å². The number of aliphatic carboxylic acids is 1. The minimum atomic E-state index is -1.02. The van der Waals surface area contributed by atoms with Gasteiger partial charge in [-0.1, -0.05) is 12.5 Å². The summed E-state index contributed by atoms with van der Waals surface area (Å²) in [5, 5.41) is 11.5. The molecule has 0 heterocycles.